The van der Waals surface area contributed by atoms with E-state index in [1.54, 1.807) is 12.5 Å². The summed E-state index contributed by atoms with van der Waals surface area (Å²) in [7, 11) is 1.91. The lowest BCUT2D eigenvalue weighted by molar-refractivity contribution is 0.371. The van der Waals surface area contributed by atoms with E-state index in [2.05, 4.69) is 20.7 Å². The van der Waals surface area contributed by atoms with Gasteiger partial charge in [0.1, 0.15) is 17.9 Å². The Bertz CT molecular complexity index is 380. The Hall–Kier alpha value is -1.69. The molecule has 0 aliphatic heterocycles. The van der Waals surface area contributed by atoms with Gasteiger partial charge in [-0.1, -0.05) is 5.16 Å². The smallest absolute Gasteiger partial charge is 0.150 e. The van der Waals surface area contributed by atoms with E-state index in [0.717, 1.165) is 11.6 Å². The molecule has 0 aliphatic carbocycles. The molecule has 0 bridgehead atoms. The molecule has 0 amide bonds. The molecule has 6 nitrogen and oxygen atoms in total. The number of nitrogens with zero attached hydrogens (tertiary/aromatic N) is 4. The molecule has 2 aromatic rings. The molecular formula is C8H11N5O. The quantitative estimate of drug-likeness (QED) is 0.745. The average molecular weight is 193 g/mol. The molecule has 0 aliphatic rings. The van der Waals surface area contributed by atoms with Crippen molar-refractivity contribution < 1.29 is 4.52 Å². The summed E-state index contributed by atoms with van der Waals surface area (Å²) in [6, 6.07) is 1.82. The number of nitrogens with one attached hydrogen (secondary N) is 1. The lowest BCUT2D eigenvalue weighted by atomic mass is 10.4. The zero-order chi connectivity index (χ0) is 9.80. The summed E-state index contributed by atoms with van der Waals surface area (Å²) in [6.45, 7) is 1.31. The van der Waals surface area contributed by atoms with Gasteiger partial charge >= 0.3 is 0 Å². The number of hydrogen-bond donors (Lipinski definition) is 1. The van der Waals surface area contributed by atoms with E-state index in [9.17, 15) is 0 Å². The minimum atomic E-state index is 0.646. The first-order chi connectivity index (χ1) is 6.86. The fourth-order valence-corrected chi connectivity index (χ4v) is 1.10. The van der Waals surface area contributed by atoms with Crippen molar-refractivity contribution in [2.75, 3.05) is 0 Å². The van der Waals surface area contributed by atoms with Crippen LogP contribution < -0.4 is 5.32 Å². The van der Waals surface area contributed by atoms with Gasteiger partial charge in [0.05, 0.1) is 19.3 Å². The SMILES string of the molecule is Cn1cnnc1CNCc1ccno1. The zero-order valence-electron chi connectivity index (χ0n) is 7.84. The third kappa shape index (κ3) is 1.97. The maximum absolute atomic E-state index is 4.93. The van der Waals surface area contributed by atoms with Crippen LogP contribution in [0.5, 0.6) is 0 Å². The summed E-state index contributed by atoms with van der Waals surface area (Å²) >= 11 is 0. The molecule has 0 atom stereocenters. The molecule has 0 spiro atoms. The third-order valence-electron chi connectivity index (χ3n) is 1.88. The molecule has 14 heavy (non-hydrogen) atoms. The maximum Gasteiger partial charge on any atom is 0.150 e. The normalized spacial score (nSPS) is 10.6. The molecule has 2 aromatic heterocycles. The lowest BCUT2D eigenvalue weighted by Crippen LogP contribution is -2.15. The average Bonchev–Trinajstić information content (AvgIpc) is 2.78. The standard InChI is InChI=1S/C8H11N5O/c1-13-6-10-12-8(13)5-9-4-7-2-3-11-14-7/h2-3,6,9H,4-5H2,1H3. The van der Waals surface area contributed by atoms with Crippen molar-refractivity contribution in [2.45, 2.75) is 13.1 Å². The highest BCUT2D eigenvalue weighted by atomic mass is 16.5. The fraction of sp³-hybridized carbons (Fsp3) is 0.375. The fourth-order valence-electron chi connectivity index (χ4n) is 1.10. The van der Waals surface area contributed by atoms with Gasteiger partial charge in [-0.25, -0.2) is 0 Å². The Kier molecular flexibility index (Phi) is 2.55. The van der Waals surface area contributed by atoms with Crippen LogP contribution in [0, 0.1) is 0 Å². The van der Waals surface area contributed by atoms with E-state index in [1.807, 2.05) is 17.7 Å². The van der Waals surface area contributed by atoms with Gasteiger partial charge in [0.25, 0.3) is 0 Å². The van der Waals surface area contributed by atoms with Crippen LogP contribution in [0.1, 0.15) is 11.6 Å². The highest BCUT2D eigenvalue weighted by molar-refractivity contribution is 4.92. The molecule has 2 rings (SSSR count). The highest BCUT2D eigenvalue weighted by Crippen LogP contribution is 1.96. The molecule has 74 valence electrons. The molecule has 6 heteroatoms. The molecule has 2 heterocycles. The summed E-state index contributed by atoms with van der Waals surface area (Å²) in [5, 5.41) is 14.5. The molecule has 0 fully saturated rings. The van der Waals surface area contributed by atoms with E-state index in [0.29, 0.717) is 13.1 Å². The van der Waals surface area contributed by atoms with Gasteiger partial charge in [0.15, 0.2) is 0 Å². The molecular weight excluding hydrogens is 182 g/mol. The molecule has 0 saturated heterocycles. The summed E-state index contributed by atoms with van der Waals surface area (Å²) in [4.78, 5) is 0. The van der Waals surface area contributed by atoms with Crippen molar-refractivity contribution in [3.63, 3.8) is 0 Å². The Morgan fingerprint density at radius 1 is 1.50 bits per heavy atom. The van der Waals surface area contributed by atoms with E-state index in [-0.39, 0.29) is 0 Å². The van der Waals surface area contributed by atoms with Crippen LogP contribution in [-0.2, 0) is 20.1 Å². The van der Waals surface area contributed by atoms with Crippen molar-refractivity contribution >= 4 is 0 Å². The predicted octanol–water partition coefficient (Wildman–Crippen LogP) is 0.0929. The van der Waals surface area contributed by atoms with Crippen molar-refractivity contribution in [2.24, 2.45) is 7.05 Å². The first kappa shape index (κ1) is 8.89. The lowest BCUT2D eigenvalue weighted by Gasteiger charge is -2.00. The molecule has 0 radical (unpaired) electrons. The first-order valence-corrected chi connectivity index (χ1v) is 4.29. The van der Waals surface area contributed by atoms with Crippen LogP contribution in [0.2, 0.25) is 0 Å². The second-order valence-electron chi connectivity index (χ2n) is 2.94. The third-order valence-corrected chi connectivity index (χ3v) is 1.88. The summed E-state index contributed by atoms with van der Waals surface area (Å²) in [6.07, 6.45) is 3.30. The number of aryl methyl sites for hydroxylation is 1. The summed E-state index contributed by atoms with van der Waals surface area (Å²) in [5.74, 6) is 1.71. The Balaban J connectivity index is 1.81. The van der Waals surface area contributed by atoms with Crippen LogP contribution >= 0.6 is 0 Å². The predicted molar refractivity (Wildman–Crippen MR) is 48.0 cm³/mol. The van der Waals surface area contributed by atoms with E-state index in [1.165, 1.54) is 0 Å². The van der Waals surface area contributed by atoms with Crippen molar-refractivity contribution in [3.8, 4) is 0 Å². The van der Waals surface area contributed by atoms with Crippen LogP contribution in [-0.4, -0.2) is 19.9 Å². The molecule has 0 aromatic carbocycles. The summed E-state index contributed by atoms with van der Waals surface area (Å²) < 4.78 is 6.80. The number of aromatic nitrogens is 4. The van der Waals surface area contributed by atoms with E-state index in [4.69, 9.17) is 4.52 Å². The highest BCUT2D eigenvalue weighted by Gasteiger charge is 2.00. The van der Waals surface area contributed by atoms with Gasteiger partial charge < -0.3 is 14.4 Å². The second-order valence-corrected chi connectivity index (χ2v) is 2.94. The largest absolute Gasteiger partial charge is 0.360 e. The van der Waals surface area contributed by atoms with E-state index < -0.39 is 0 Å². The van der Waals surface area contributed by atoms with Gasteiger partial charge in [-0.2, -0.15) is 0 Å². The van der Waals surface area contributed by atoms with Gasteiger partial charge in [0.2, 0.25) is 0 Å². The van der Waals surface area contributed by atoms with Crippen LogP contribution in [0.15, 0.2) is 23.1 Å². The first-order valence-electron chi connectivity index (χ1n) is 4.29. The second kappa shape index (κ2) is 4.01. The van der Waals surface area contributed by atoms with Gasteiger partial charge in [-0.05, 0) is 0 Å². The van der Waals surface area contributed by atoms with Crippen LogP contribution in [0.25, 0.3) is 0 Å². The van der Waals surface area contributed by atoms with Gasteiger partial charge in [0, 0.05) is 13.1 Å². The van der Waals surface area contributed by atoms with Crippen LogP contribution in [0.4, 0.5) is 0 Å². The van der Waals surface area contributed by atoms with Crippen molar-refractivity contribution in [1.29, 1.82) is 0 Å². The van der Waals surface area contributed by atoms with Crippen LogP contribution in [0.3, 0.4) is 0 Å². The van der Waals surface area contributed by atoms with Crippen molar-refractivity contribution in [1.82, 2.24) is 25.2 Å². The minimum absolute atomic E-state index is 0.646. The zero-order valence-corrected chi connectivity index (χ0v) is 7.84. The van der Waals surface area contributed by atoms with Gasteiger partial charge in [-0.15, -0.1) is 10.2 Å². The Morgan fingerprint density at radius 2 is 2.43 bits per heavy atom. The van der Waals surface area contributed by atoms with Gasteiger partial charge in [-0.3, -0.25) is 0 Å². The Morgan fingerprint density at radius 3 is 3.07 bits per heavy atom. The Labute approximate surface area is 80.9 Å². The minimum Gasteiger partial charge on any atom is -0.360 e. The molecule has 0 unspecified atom stereocenters. The molecule has 0 saturated carbocycles. The monoisotopic (exact) mass is 193 g/mol. The molecule has 1 N–H and O–H groups in total. The topological polar surface area (TPSA) is 68.8 Å². The van der Waals surface area contributed by atoms with E-state index >= 15 is 0 Å². The van der Waals surface area contributed by atoms with Crippen molar-refractivity contribution in [3.05, 3.63) is 30.2 Å². The number of hydrogen-bond acceptors (Lipinski definition) is 5. The summed E-state index contributed by atoms with van der Waals surface area (Å²) in [5.41, 5.74) is 0. The maximum atomic E-state index is 4.93. The number of rotatable bonds is 4.